The summed E-state index contributed by atoms with van der Waals surface area (Å²) in [6.45, 7) is 2.55. The van der Waals surface area contributed by atoms with E-state index in [1.54, 1.807) is 24.3 Å². The summed E-state index contributed by atoms with van der Waals surface area (Å²) in [4.78, 5) is 23.9. The lowest BCUT2D eigenvalue weighted by atomic mass is 10.1. The molecule has 1 amide bonds. The second-order valence-electron chi connectivity index (χ2n) is 8.15. The maximum Gasteiger partial charge on any atom is 0.335 e. The van der Waals surface area contributed by atoms with Crippen LogP contribution >= 0.6 is 22.6 Å². The number of carboxylic acids is 1. The Balaban J connectivity index is 1.48. The molecule has 0 fully saturated rings. The van der Waals surface area contributed by atoms with E-state index in [1.165, 1.54) is 25.5 Å². The number of methoxy groups -OCH3 is 1. The van der Waals surface area contributed by atoms with E-state index in [9.17, 15) is 9.59 Å². The minimum atomic E-state index is -0.976. The molecule has 0 saturated heterocycles. The zero-order valence-electron chi connectivity index (χ0n) is 20.7. The van der Waals surface area contributed by atoms with Gasteiger partial charge in [-0.25, -0.2) is 10.2 Å². The topological polar surface area (TPSA) is 106 Å². The number of ether oxygens (including phenoxy) is 3. The molecule has 0 aromatic heterocycles. The minimum Gasteiger partial charge on any atom is -0.496 e. The van der Waals surface area contributed by atoms with Crippen molar-refractivity contribution in [3.8, 4) is 17.2 Å². The lowest BCUT2D eigenvalue weighted by molar-refractivity contribution is 0.0696. The van der Waals surface area contributed by atoms with E-state index in [0.717, 1.165) is 19.9 Å². The molecule has 0 aliphatic heterocycles. The third-order valence-corrected chi connectivity index (χ3v) is 6.41. The number of rotatable bonds is 10. The molecule has 0 aliphatic rings. The number of hydrazone groups is 1. The Hall–Kier alpha value is -4.12. The number of carboxylic acid groups (broad SMARTS) is 1. The number of nitrogens with zero attached hydrogens (tertiary/aromatic N) is 1. The average Bonchev–Trinajstić information content (AvgIpc) is 2.92. The van der Waals surface area contributed by atoms with Crippen molar-refractivity contribution in [1.29, 1.82) is 0 Å². The molecule has 0 unspecified atom stereocenters. The standard InChI is InChI=1S/C29H25IN2O6/c1-3-37-26-13-19(12-24(30)27(26)38-17-18-8-10-20(11-9-18)29(34)35)16-31-32-28(33)23-14-21-6-4-5-7-22(21)15-25(23)36-2/h4-16H,3,17H2,1-2H3,(H,32,33)(H,34,35)/b31-16-. The summed E-state index contributed by atoms with van der Waals surface area (Å²) in [6.07, 6.45) is 1.53. The average molecular weight is 624 g/mol. The fraction of sp³-hybridized carbons (Fsp3) is 0.138. The summed E-state index contributed by atoms with van der Waals surface area (Å²) >= 11 is 2.15. The quantitative estimate of drug-likeness (QED) is 0.130. The van der Waals surface area contributed by atoms with Crippen LogP contribution in [0.1, 0.15) is 38.8 Å². The summed E-state index contributed by atoms with van der Waals surface area (Å²) in [6, 6.07) is 21.5. The summed E-state index contributed by atoms with van der Waals surface area (Å²) in [5.41, 5.74) is 4.70. The molecule has 0 aliphatic carbocycles. The van der Waals surface area contributed by atoms with Crippen molar-refractivity contribution in [3.63, 3.8) is 0 Å². The number of carbonyl (C=O) groups is 2. The van der Waals surface area contributed by atoms with E-state index < -0.39 is 11.9 Å². The molecule has 0 radical (unpaired) electrons. The van der Waals surface area contributed by atoms with Crippen LogP contribution in [0, 0.1) is 3.57 Å². The monoisotopic (exact) mass is 624 g/mol. The van der Waals surface area contributed by atoms with E-state index in [-0.39, 0.29) is 12.2 Å². The largest absolute Gasteiger partial charge is 0.496 e. The van der Waals surface area contributed by atoms with Crippen LogP contribution in [0.3, 0.4) is 0 Å². The molecule has 0 heterocycles. The van der Waals surface area contributed by atoms with Gasteiger partial charge in [-0.1, -0.05) is 36.4 Å². The van der Waals surface area contributed by atoms with Gasteiger partial charge in [0.05, 0.1) is 34.6 Å². The molecular formula is C29H25IN2O6. The number of aromatic carboxylic acids is 1. The van der Waals surface area contributed by atoms with Crippen LogP contribution in [-0.2, 0) is 6.61 Å². The highest BCUT2D eigenvalue weighted by molar-refractivity contribution is 14.1. The number of amides is 1. The molecule has 4 aromatic rings. The Bertz CT molecular complexity index is 1500. The smallest absolute Gasteiger partial charge is 0.335 e. The molecule has 4 rings (SSSR count). The number of carbonyl (C=O) groups excluding carboxylic acids is 1. The number of benzene rings is 4. The summed E-state index contributed by atoms with van der Waals surface area (Å²) in [5.74, 6) is 0.194. The number of nitrogens with one attached hydrogen (secondary N) is 1. The van der Waals surface area contributed by atoms with Gasteiger partial charge in [0.25, 0.3) is 5.91 Å². The van der Waals surface area contributed by atoms with Crippen LogP contribution in [0.4, 0.5) is 0 Å². The maximum absolute atomic E-state index is 12.8. The number of fused-ring (bicyclic) bond motifs is 1. The lowest BCUT2D eigenvalue weighted by Crippen LogP contribution is -2.18. The van der Waals surface area contributed by atoms with Crippen molar-refractivity contribution in [2.24, 2.45) is 5.10 Å². The van der Waals surface area contributed by atoms with E-state index in [0.29, 0.717) is 35.0 Å². The predicted molar refractivity (Wildman–Crippen MR) is 154 cm³/mol. The van der Waals surface area contributed by atoms with Gasteiger partial charge in [-0.3, -0.25) is 4.79 Å². The van der Waals surface area contributed by atoms with Crippen LogP contribution in [0.5, 0.6) is 17.2 Å². The first-order chi connectivity index (χ1) is 18.4. The van der Waals surface area contributed by atoms with E-state index >= 15 is 0 Å². The summed E-state index contributed by atoms with van der Waals surface area (Å²) < 4.78 is 18.0. The minimum absolute atomic E-state index is 0.216. The predicted octanol–water partition coefficient (Wildman–Crippen LogP) is 5.89. The molecule has 38 heavy (non-hydrogen) atoms. The van der Waals surface area contributed by atoms with Gasteiger partial charge in [0.1, 0.15) is 12.4 Å². The Morgan fingerprint density at radius 1 is 0.974 bits per heavy atom. The molecule has 9 heteroatoms. The van der Waals surface area contributed by atoms with E-state index in [4.69, 9.17) is 19.3 Å². The normalized spacial score (nSPS) is 10.9. The van der Waals surface area contributed by atoms with E-state index in [2.05, 4.69) is 33.1 Å². The Kier molecular flexibility index (Phi) is 8.80. The molecule has 0 bridgehead atoms. The molecule has 8 nitrogen and oxygen atoms in total. The molecule has 194 valence electrons. The summed E-state index contributed by atoms with van der Waals surface area (Å²) in [7, 11) is 1.52. The second-order valence-corrected chi connectivity index (χ2v) is 9.31. The highest BCUT2D eigenvalue weighted by Gasteiger charge is 2.15. The van der Waals surface area contributed by atoms with Crippen LogP contribution in [-0.4, -0.2) is 36.9 Å². The van der Waals surface area contributed by atoms with Crippen molar-refractivity contribution < 1.29 is 28.9 Å². The van der Waals surface area contributed by atoms with Crippen molar-refractivity contribution in [2.75, 3.05) is 13.7 Å². The lowest BCUT2D eigenvalue weighted by Gasteiger charge is -2.15. The van der Waals surface area contributed by atoms with Crippen LogP contribution < -0.4 is 19.6 Å². The Morgan fingerprint density at radius 3 is 2.34 bits per heavy atom. The zero-order valence-corrected chi connectivity index (χ0v) is 22.9. The molecular weight excluding hydrogens is 599 g/mol. The van der Waals surface area contributed by atoms with Gasteiger partial charge < -0.3 is 19.3 Å². The Labute approximate surface area is 233 Å². The molecule has 0 spiro atoms. The third kappa shape index (κ3) is 6.41. The van der Waals surface area contributed by atoms with Crippen LogP contribution in [0.2, 0.25) is 0 Å². The SMILES string of the molecule is CCOc1cc(/C=N\NC(=O)c2cc3ccccc3cc2OC)cc(I)c1OCc1ccc(C(=O)O)cc1. The Morgan fingerprint density at radius 2 is 1.68 bits per heavy atom. The van der Waals surface area contributed by atoms with Gasteiger partial charge in [0.2, 0.25) is 0 Å². The number of hydrogen-bond acceptors (Lipinski definition) is 6. The first-order valence-electron chi connectivity index (χ1n) is 11.7. The van der Waals surface area contributed by atoms with Crippen molar-refractivity contribution in [3.05, 3.63) is 98.6 Å². The molecule has 4 aromatic carbocycles. The van der Waals surface area contributed by atoms with Gasteiger partial charge in [-0.15, -0.1) is 0 Å². The van der Waals surface area contributed by atoms with Crippen LogP contribution in [0.15, 0.2) is 77.9 Å². The van der Waals surface area contributed by atoms with E-state index in [1.807, 2.05) is 43.3 Å². The summed E-state index contributed by atoms with van der Waals surface area (Å²) in [5, 5.41) is 15.1. The molecule has 2 N–H and O–H groups in total. The fourth-order valence-corrected chi connectivity index (χ4v) is 4.54. The second kappa shape index (κ2) is 12.4. The highest BCUT2D eigenvalue weighted by atomic mass is 127. The third-order valence-electron chi connectivity index (χ3n) is 5.61. The van der Waals surface area contributed by atoms with Gasteiger partial charge in [-0.2, -0.15) is 5.10 Å². The van der Waals surface area contributed by atoms with Gasteiger partial charge in [0, 0.05) is 0 Å². The molecule has 0 saturated carbocycles. The first kappa shape index (κ1) is 26.9. The molecule has 0 atom stereocenters. The van der Waals surface area contributed by atoms with Gasteiger partial charge in [0.15, 0.2) is 11.5 Å². The van der Waals surface area contributed by atoms with Crippen molar-refractivity contribution in [2.45, 2.75) is 13.5 Å². The first-order valence-corrected chi connectivity index (χ1v) is 12.8. The van der Waals surface area contributed by atoms with Crippen molar-refractivity contribution >= 4 is 51.5 Å². The number of hydrogen-bond donors (Lipinski definition) is 2. The number of halogens is 1. The van der Waals surface area contributed by atoms with Gasteiger partial charge in [-0.05, 0) is 87.8 Å². The highest BCUT2D eigenvalue weighted by Crippen LogP contribution is 2.34. The zero-order chi connectivity index (χ0) is 27.1. The fourth-order valence-electron chi connectivity index (χ4n) is 3.76. The maximum atomic E-state index is 12.8. The van der Waals surface area contributed by atoms with Crippen LogP contribution in [0.25, 0.3) is 10.8 Å². The van der Waals surface area contributed by atoms with Gasteiger partial charge >= 0.3 is 5.97 Å². The van der Waals surface area contributed by atoms with Crippen molar-refractivity contribution in [1.82, 2.24) is 5.43 Å².